The molecular formula is C11H15NO4S3. The van der Waals surface area contributed by atoms with Gasteiger partial charge in [0.15, 0.2) is 0 Å². The highest BCUT2D eigenvalue weighted by atomic mass is 33.2. The first-order valence-electron chi connectivity index (χ1n) is 5.75. The maximum absolute atomic E-state index is 12.2. The van der Waals surface area contributed by atoms with Crippen LogP contribution >= 0.6 is 11.8 Å². The van der Waals surface area contributed by atoms with Crippen LogP contribution in [0.25, 0.3) is 0 Å². The zero-order chi connectivity index (χ0) is 14.1. The quantitative estimate of drug-likeness (QED) is 0.779. The molecule has 0 atom stereocenters. The van der Waals surface area contributed by atoms with Gasteiger partial charge in [0.2, 0.25) is 0 Å². The van der Waals surface area contributed by atoms with Crippen molar-refractivity contribution in [1.82, 2.24) is 4.31 Å². The SMILES string of the molecule is Cc1ccc(S(=O)(=O)S(=O)(=O)N2CCSCC2)cc1. The van der Waals surface area contributed by atoms with E-state index < -0.39 is 17.9 Å². The van der Waals surface area contributed by atoms with Crippen LogP contribution in [0.15, 0.2) is 29.2 Å². The standard InChI is InChI=1S/C11H15NO4S3/c1-10-2-4-11(5-3-10)18(13,14)19(15,16)12-6-8-17-9-7-12/h2-5H,6-9H2,1H3. The van der Waals surface area contributed by atoms with E-state index in [2.05, 4.69) is 0 Å². The molecule has 0 aromatic heterocycles. The molecule has 0 N–H and O–H groups in total. The van der Waals surface area contributed by atoms with E-state index in [-0.39, 0.29) is 18.0 Å². The number of rotatable bonds is 3. The molecule has 0 aliphatic carbocycles. The molecule has 0 saturated carbocycles. The molecule has 0 unspecified atom stereocenters. The second-order valence-electron chi connectivity index (χ2n) is 4.24. The van der Waals surface area contributed by atoms with Gasteiger partial charge >= 0.3 is 9.06 Å². The van der Waals surface area contributed by atoms with Gasteiger partial charge in [-0.2, -0.15) is 24.5 Å². The molecule has 1 aromatic carbocycles. The zero-order valence-corrected chi connectivity index (χ0v) is 12.9. The van der Waals surface area contributed by atoms with E-state index in [4.69, 9.17) is 0 Å². The average molecular weight is 321 g/mol. The van der Waals surface area contributed by atoms with Crippen LogP contribution in [0.2, 0.25) is 0 Å². The Hall–Kier alpha value is -0.570. The summed E-state index contributed by atoms with van der Waals surface area (Å²) in [4.78, 5) is -0.170. The van der Waals surface area contributed by atoms with Crippen molar-refractivity contribution >= 4 is 29.7 Å². The second kappa shape index (κ2) is 5.43. The lowest BCUT2D eigenvalue weighted by Crippen LogP contribution is -2.41. The first kappa shape index (κ1) is 14.8. The molecule has 1 aliphatic rings. The maximum Gasteiger partial charge on any atom is 0.324 e. The minimum absolute atomic E-state index is 0.170. The maximum atomic E-state index is 12.2. The van der Waals surface area contributed by atoms with Crippen LogP contribution in [0.5, 0.6) is 0 Å². The van der Waals surface area contributed by atoms with E-state index in [0.29, 0.717) is 11.5 Å². The Bertz CT molecular complexity index is 644. The summed E-state index contributed by atoms with van der Waals surface area (Å²) in [6.45, 7) is 2.31. The van der Waals surface area contributed by atoms with Gasteiger partial charge in [0.25, 0.3) is 8.87 Å². The van der Waals surface area contributed by atoms with Gasteiger partial charge in [-0.3, -0.25) is 0 Å². The van der Waals surface area contributed by atoms with Gasteiger partial charge in [-0.15, -0.1) is 0 Å². The molecular weight excluding hydrogens is 306 g/mol. The van der Waals surface area contributed by atoms with Crippen molar-refractivity contribution in [3.05, 3.63) is 29.8 Å². The highest BCUT2D eigenvalue weighted by Gasteiger charge is 2.38. The van der Waals surface area contributed by atoms with Crippen molar-refractivity contribution in [3.63, 3.8) is 0 Å². The van der Waals surface area contributed by atoms with Crippen LogP contribution in [0, 0.1) is 6.92 Å². The van der Waals surface area contributed by atoms with Crippen molar-refractivity contribution < 1.29 is 16.8 Å². The molecule has 0 radical (unpaired) electrons. The van der Waals surface area contributed by atoms with E-state index in [0.717, 1.165) is 9.87 Å². The van der Waals surface area contributed by atoms with Crippen molar-refractivity contribution in [1.29, 1.82) is 0 Å². The minimum Gasteiger partial charge on any atom is -0.206 e. The van der Waals surface area contributed by atoms with Gasteiger partial charge in [-0.05, 0) is 19.1 Å². The number of hydrogen-bond acceptors (Lipinski definition) is 5. The fraction of sp³-hybridized carbons (Fsp3) is 0.455. The Balaban J connectivity index is 2.40. The molecule has 1 heterocycles. The molecule has 1 aromatic rings. The molecule has 0 amide bonds. The predicted molar refractivity (Wildman–Crippen MR) is 76.2 cm³/mol. The summed E-state index contributed by atoms with van der Waals surface area (Å²) in [7, 11) is -8.70. The summed E-state index contributed by atoms with van der Waals surface area (Å²) >= 11 is 1.62. The highest BCUT2D eigenvalue weighted by molar-refractivity contribution is 8.66. The Morgan fingerprint density at radius 1 is 1.00 bits per heavy atom. The molecule has 1 aliphatic heterocycles. The number of hydrogen-bond donors (Lipinski definition) is 0. The topological polar surface area (TPSA) is 71.5 Å². The van der Waals surface area contributed by atoms with Crippen molar-refractivity contribution in [2.45, 2.75) is 11.8 Å². The van der Waals surface area contributed by atoms with Crippen LogP contribution in [0.3, 0.4) is 0 Å². The van der Waals surface area contributed by atoms with Gasteiger partial charge in [0.05, 0.1) is 4.90 Å². The van der Waals surface area contributed by atoms with E-state index in [1.54, 1.807) is 23.9 Å². The number of thioether (sulfide) groups is 1. The van der Waals surface area contributed by atoms with Crippen LogP contribution < -0.4 is 0 Å². The second-order valence-corrected chi connectivity index (χ2v) is 10.8. The smallest absolute Gasteiger partial charge is 0.206 e. The summed E-state index contributed by atoms with van der Waals surface area (Å²) in [5, 5.41) is 0. The Kier molecular flexibility index (Phi) is 4.24. The van der Waals surface area contributed by atoms with Crippen LogP contribution in [0.1, 0.15) is 5.56 Å². The molecule has 8 heteroatoms. The van der Waals surface area contributed by atoms with Gasteiger partial charge < -0.3 is 0 Å². The van der Waals surface area contributed by atoms with E-state index in [1.165, 1.54) is 12.1 Å². The summed E-state index contributed by atoms with van der Waals surface area (Å²) in [6, 6.07) is 5.85. The van der Waals surface area contributed by atoms with Gasteiger partial charge in [-0.1, -0.05) is 17.7 Å². The zero-order valence-electron chi connectivity index (χ0n) is 10.4. The van der Waals surface area contributed by atoms with Crippen molar-refractivity contribution in [3.8, 4) is 0 Å². The van der Waals surface area contributed by atoms with Gasteiger partial charge in [0, 0.05) is 24.6 Å². The monoisotopic (exact) mass is 321 g/mol. The van der Waals surface area contributed by atoms with E-state index in [9.17, 15) is 16.8 Å². The number of nitrogens with zero attached hydrogens (tertiary/aromatic N) is 1. The van der Waals surface area contributed by atoms with Gasteiger partial charge in [0.1, 0.15) is 0 Å². The third-order valence-corrected chi connectivity index (χ3v) is 9.09. The molecule has 0 spiro atoms. The summed E-state index contributed by atoms with van der Waals surface area (Å²) in [5.74, 6) is 1.26. The molecule has 1 saturated heterocycles. The third-order valence-electron chi connectivity index (χ3n) is 2.87. The highest BCUT2D eigenvalue weighted by Crippen LogP contribution is 2.23. The normalized spacial score (nSPS) is 18.4. The third kappa shape index (κ3) is 2.81. The summed E-state index contributed by atoms with van der Waals surface area (Å²) < 4.78 is 50.0. The van der Waals surface area contributed by atoms with Crippen LogP contribution in [0.4, 0.5) is 0 Å². The predicted octanol–water partition coefficient (Wildman–Crippen LogP) is 1.06. The van der Waals surface area contributed by atoms with E-state index in [1.807, 2.05) is 6.92 Å². The van der Waals surface area contributed by atoms with E-state index >= 15 is 0 Å². The summed E-state index contributed by atoms with van der Waals surface area (Å²) in [5.41, 5.74) is 0.880. The lowest BCUT2D eigenvalue weighted by atomic mass is 10.2. The van der Waals surface area contributed by atoms with Crippen molar-refractivity contribution in [2.75, 3.05) is 24.6 Å². The first-order valence-corrected chi connectivity index (χ1v) is 10.3. The molecule has 106 valence electrons. The molecule has 19 heavy (non-hydrogen) atoms. The lowest BCUT2D eigenvalue weighted by molar-refractivity contribution is 0.452. The molecule has 0 bridgehead atoms. The molecule has 2 rings (SSSR count). The fourth-order valence-corrected chi connectivity index (χ4v) is 6.83. The first-order chi connectivity index (χ1) is 8.85. The van der Waals surface area contributed by atoms with Crippen molar-refractivity contribution in [2.24, 2.45) is 0 Å². The average Bonchev–Trinajstić information content (AvgIpc) is 2.40. The Morgan fingerprint density at radius 3 is 2.05 bits per heavy atom. The Morgan fingerprint density at radius 2 is 1.53 bits per heavy atom. The van der Waals surface area contributed by atoms with Crippen LogP contribution in [-0.2, 0) is 17.9 Å². The molecule has 5 nitrogen and oxygen atoms in total. The minimum atomic E-state index is -4.37. The molecule has 1 fully saturated rings. The van der Waals surface area contributed by atoms with Gasteiger partial charge in [-0.25, -0.2) is 8.42 Å². The number of aryl methyl sites for hydroxylation is 1. The number of benzene rings is 1. The fourth-order valence-electron chi connectivity index (χ4n) is 1.74. The summed E-state index contributed by atoms with van der Waals surface area (Å²) in [6.07, 6.45) is 0. The lowest BCUT2D eigenvalue weighted by Gasteiger charge is -2.25. The largest absolute Gasteiger partial charge is 0.324 e. The van der Waals surface area contributed by atoms with Crippen LogP contribution in [-0.4, -0.2) is 45.7 Å². The Labute approximate surface area is 117 Å².